The Kier molecular flexibility index (Phi) is 8.02. The molecule has 1 N–H and O–H groups in total. The number of carbonyl (C=O) groups excluding carboxylic acids is 1. The summed E-state index contributed by atoms with van der Waals surface area (Å²) in [5.74, 6) is -1.65. The number of likely N-dealkylation sites (tertiary alicyclic amines) is 2. The van der Waals surface area contributed by atoms with Crippen molar-refractivity contribution in [2.75, 3.05) is 13.1 Å². The number of hydrogen-bond donors (Lipinski definition) is 1. The van der Waals surface area contributed by atoms with Gasteiger partial charge in [-0.05, 0) is 53.0 Å². The van der Waals surface area contributed by atoms with Crippen molar-refractivity contribution in [2.24, 2.45) is 0 Å². The van der Waals surface area contributed by atoms with Crippen molar-refractivity contribution in [1.29, 1.82) is 0 Å². The first-order valence-corrected chi connectivity index (χ1v) is 11.9. The number of nitrogens with zero attached hydrogens (tertiary/aromatic N) is 4. The van der Waals surface area contributed by atoms with E-state index in [2.05, 4.69) is 26.9 Å². The predicted molar refractivity (Wildman–Crippen MR) is 118 cm³/mol. The van der Waals surface area contributed by atoms with Crippen LogP contribution in [-0.4, -0.2) is 61.7 Å². The molecule has 2 saturated heterocycles. The highest BCUT2D eigenvalue weighted by Gasteiger charge is 2.46. The largest absolute Gasteiger partial charge is 0.490 e. The second-order valence-electron chi connectivity index (χ2n) is 8.79. The smallest absolute Gasteiger partial charge is 0.475 e. The lowest BCUT2D eigenvalue weighted by Crippen LogP contribution is -2.46. The van der Waals surface area contributed by atoms with E-state index < -0.39 is 12.1 Å². The molecule has 8 nitrogen and oxygen atoms in total. The zero-order chi connectivity index (χ0) is 25.1. The second-order valence-corrected chi connectivity index (χ2v) is 10.1. The fourth-order valence-electron chi connectivity index (χ4n) is 4.63. The van der Waals surface area contributed by atoms with Gasteiger partial charge in [0.2, 0.25) is 5.91 Å². The Labute approximate surface area is 199 Å². The van der Waals surface area contributed by atoms with E-state index in [-0.39, 0.29) is 11.4 Å². The molecule has 4 rings (SSSR count). The molecule has 1 amide bonds. The fraction of sp³-hybridized carbons (Fsp3) is 0.636. The van der Waals surface area contributed by atoms with E-state index in [0.29, 0.717) is 13.0 Å². The number of carbonyl (C=O) groups is 2. The summed E-state index contributed by atoms with van der Waals surface area (Å²) in [7, 11) is 0. The molecular formula is C22H29F3N4O4S. The highest BCUT2D eigenvalue weighted by molar-refractivity contribution is 7.11. The first kappa shape index (κ1) is 26.1. The summed E-state index contributed by atoms with van der Waals surface area (Å²) in [6, 6.07) is 0. The third kappa shape index (κ3) is 6.15. The molecule has 0 radical (unpaired) electrons. The number of rotatable bonds is 4. The van der Waals surface area contributed by atoms with E-state index in [0.717, 1.165) is 67.3 Å². The monoisotopic (exact) mass is 502 g/mol. The average Bonchev–Trinajstić information content (AvgIpc) is 3.34. The summed E-state index contributed by atoms with van der Waals surface area (Å²) in [6.45, 7) is 9.68. The Morgan fingerprint density at radius 3 is 2.47 bits per heavy atom. The van der Waals surface area contributed by atoms with Crippen LogP contribution in [-0.2, 0) is 22.7 Å². The number of aryl methyl sites for hydroxylation is 3. The number of carboxylic acid groups (broad SMARTS) is 1. The second kappa shape index (κ2) is 10.4. The summed E-state index contributed by atoms with van der Waals surface area (Å²) in [5.41, 5.74) is 1.97. The molecule has 4 heterocycles. The van der Waals surface area contributed by atoms with Crippen molar-refractivity contribution < 1.29 is 32.4 Å². The third-order valence-corrected chi connectivity index (χ3v) is 7.37. The average molecular weight is 503 g/mol. The first-order chi connectivity index (χ1) is 15.9. The summed E-state index contributed by atoms with van der Waals surface area (Å²) in [4.78, 5) is 32.0. The molecular weight excluding hydrogens is 473 g/mol. The van der Waals surface area contributed by atoms with Crippen LogP contribution in [0.1, 0.15) is 59.0 Å². The van der Waals surface area contributed by atoms with E-state index >= 15 is 0 Å². The number of halogens is 3. The third-order valence-electron chi connectivity index (χ3n) is 6.48. The Bertz CT molecular complexity index is 1000. The van der Waals surface area contributed by atoms with Crippen molar-refractivity contribution in [2.45, 2.75) is 77.7 Å². The minimum atomic E-state index is -5.08. The molecule has 0 bridgehead atoms. The molecule has 1 unspecified atom stereocenters. The maximum absolute atomic E-state index is 12.7. The number of amides is 1. The molecule has 2 aromatic rings. The number of carboxylic acids is 1. The van der Waals surface area contributed by atoms with Gasteiger partial charge in [-0.2, -0.15) is 13.2 Å². The first-order valence-electron chi connectivity index (χ1n) is 11.1. The van der Waals surface area contributed by atoms with Crippen LogP contribution in [0.5, 0.6) is 0 Å². The van der Waals surface area contributed by atoms with Crippen LogP contribution >= 0.6 is 11.3 Å². The molecule has 34 heavy (non-hydrogen) atoms. The van der Waals surface area contributed by atoms with E-state index in [1.807, 2.05) is 20.0 Å². The van der Waals surface area contributed by atoms with Crippen LogP contribution in [0, 0.1) is 20.8 Å². The van der Waals surface area contributed by atoms with Crippen molar-refractivity contribution >= 4 is 23.2 Å². The lowest BCUT2D eigenvalue weighted by Gasteiger charge is -2.38. The Morgan fingerprint density at radius 2 is 1.91 bits per heavy atom. The normalized spacial score (nSPS) is 21.5. The van der Waals surface area contributed by atoms with Gasteiger partial charge in [-0.1, -0.05) is 5.16 Å². The highest BCUT2D eigenvalue weighted by atomic mass is 32.1. The SMILES string of the molecule is Cc1ncc(CN2CCCC3(CCC(=O)N3Cc3c(C)noc3C)CC2)s1.O=C(O)C(F)(F)F. The Balaban J connectivity index is 0.000000406. The van der Waals surface area contributed by atoms with Crippen LogP contribution in [0.15, 0.2) is 10.7 Å². The van der Waals surface area contributed by atoms with E-state index in [1.165, 1.54) is 4.88 Å². The number of aliphatic carboxylic acids is 1. The predicted octanol–water partition coefficient (Wildman–Crippen LogP) is 4.24. The molecule has 12 heteroatoms. The van der Waals surface area contributed by atoms with Crippen molar-refractivity contribution in [3.05, 3.63) is 33.1 Å². The molecule has 2 aliphatic rings. The Hall–Kier alpha value is -2.47. The zero-order valence-corrected chi connectivity index (χ0v) is 20.3. The van der Waals surface area contributed by atoms with Crippen molar-refractivity contribution in [3.63, 3.8) is 0 Å². The molecule has 0 aliphatic carbocycles. The van der Waals surface area contributed by atoms with Gasteiger partial charge < -0.3 is 14.5 Å². The maximum Gasteiger partial charge on any atom is 0.490 e. The maximum atomic E-state index is 12.7. The fourth-order valence-corrected chi connectivity index (χ4v) is 5.46. The van der Waals surface area contributed by atoms with Crippen LogP contribution in [0.4, 0.5) is 13.2 Å². The van der Waals surface area contributed by atoms with E-state index in [9.17, 15) is 18.0 Å². The molecule has 1 spiro atoms. The van der Waals surface area contributed by atoms with E-state index in [4.69, 9.17) is 14.4 Å². The molecule has 2 aromatic heterocycles. The van der Waals surface area contributed by atoms with Crippen LogP contribution in [0.25, 0.3) is 0 Å². The standard InChI is InChI=1S/C20H28N4O2S.C2HF3O2/c1-14-18(15(2)26-22-14)13-24-19(25)5-7-20(24)6-4-9-23(10-8-20)12-17-11-21-16(3)27-17;3-2(4,5)1(6)7/h11H,4-10,12-13H2,1-3H3;(H,6,7). The number of hydrogen-bond acceptors (Lipinski definition) is 7. The molecule has 188 valence electrons. The van der Waals surface area contributed by atoms with Crippen LogP contribution in [0.2, 0.25) is 0 Å². The summed E-state index contributed by atoms with van der Waals surface area (Å²) in [6.07, 6.45) is 1.81. The summed E-state index contributed by atoms with van der Waals surface area (Å²) in [5, 5.41) is 12.3. The van der Waals surface area contributed by atoms with Gasteiger partial charge in [0.25, 0.3) is 0 Å². The molecule has 1 atom stereocenters. The molecule has 2 fully saturated rings. The van der Waals surface area contributed by atoms with Crippen molar-refractivity contribution in [1.82, 2.24) is 19.9 Å². The van der Waals surface area contributed by atoms with Gasteiger partial charge >= 0.3 is 12.1 Å². The van der Waals surface area contributed by atoms with E-state index in [1.54, 1.807) is 11.3 Å². The van der Waals surface area contributed by atoms with Gasteiger partial charge in [0.1, 0.15) is 5.76 Å². The minimum absolute atomic E-state index is 0.00833. The zero-order valence-electron chi connectivity index (χ0n) is 19.4. The number of thiazole rings is 1. The lowest BCUT2D eigenvalue weighted by atomic mass is 9.87. The van der Waals surface area contributed by atoms with Gasteiger partial charge in [-0.3, -0.25) is 9.69 Å². The molecule has 0 aromatic carbocycles. The quantitative estimate of drug-likeness (QED) is 0.668. The van der Waals surface area contributed by atoms with Crippen molar-refractivity contribution in [3.8, 4) is 0 Å². The van der Waals surface area contributed by atoms with Crippen LogP contribution < -0.4 is 0 Å². The van der Waals surface area contributed by atoms with Gasteiger partial charge in [0.05, 0.1) is 17.2 Å². The Morgan fingerprint density at radius 1 is 1.21 bits per heavy atom. The lowest BCUT2D eigenvalue weighted by molar-refractivity contribution is -0.192. The van der Waals surface area contributed by atoms with Gasteiger partial charge in [-0.25, -0.2) is 9.78 Å². The molecule has 0 saturated carbocycles. The number of alkyl halides is 3. The minimum Gasteiger partial charge on any atom is -0.475 e. The summed E-state index contributed by atoms with van der Waals surface area (Å²) >= 11 is 1.78. The number of aromatic nitrogens is 2. The molecule has 2 aliphatic heterocycles. The summed E-state index contributed by atoms with van der Waals surface area (Å²) < 4.78 is 37.1. The van der Waals surface area contributed by atoms with Gasteiger partial charge in [0, 0.05) is 41.7 Å². The van der Waals surface area contributed by atoms with Gasteiger partial charge in [-0.15, -0.1) is 11.3 Å². The topological polar surface area (TPSA) is 99.8 Å². The van der Waals surface area contributed by atoms with Crippen LogP contribution in [0.3, 0.4) is 0 Å². The van der Waals surface area contributed by atoms with Gasteiger partial charge in [0.15, 0.2) is 0 Å². The highest BCUT2D eigenvalue weighted by Crippen LogP contribution is 2.41.